The number of benzene rings is 1. The molecule has 2 N–H and O–H groups in total. The largest absolute Gasteiger partial charge is 0.338 e. The van der Waals surface area contributed by atoms with Crippen LogP contribution in [0.1, 0.15) is 25.3 Å². The maximum Gasteiger partial charge on any atom is 0.319 e. The van der Waals surface area contributed by atoms with Gasteiger partial charge in [-0.25, -0.2) is 4.79 Å². The molecule has 0 saturated carbocycles. The average molecular weight is 286 g/mol. The molecule has 1 saturated heterocycles. The van der Waals surface area contributed by atoms with E-state index in [9.17, 15) is 4.79 Å². The zero-order valence-corrected chi connectivity index (χ0v) is 12.4. The third-order valence-corrected chi connectivity index (χ3v) is 3.71. The number of hydrogen-bond acceptors (Lipinski definition) is 3. The van der Waals surface area contributed by atoms with E-state index in [2.05, 4.69) is 28.5 Å². The van der Waals surface area contributed by atoms with Crippen LogP contribution < -0.4 is 10.6 Å². The summed E-state index contributed by atoms with van der Waals surface area (Å²) < 4.78 is 0. The molecule has 5 heteroatoms. The number of hydrogen-bond donors (Lipinski definition) is 2. The molecule has 21 heavy (non-hydrogen) atoms. The summed E-state index contributed by atoms with van der Waals surface area (Å²) in [5.41, 5.74) is 1.18. The van der Waals surface area contributed by atoms with Crippen LogP contribution in [0.2, 0.25) is 0 Å². The van der Waals surface area contributed by atoms with Crippen molar-refractivity contribution in [2.75, 3.05) is 31.5 Å². The fraction of sp³-hybridized carbons (Fsp3) is 0.500. The SMILES string of the molecule is CCCN1CCC(CNC(=O)Nc2cccc(C#N)c2)C1. The molecule has 1 unspecified atom stereocenters. The molecule has 1 heterocycles. The Labute approximate surface area is 125 Å². The molecule has 0 bridgehead atoms. The van der Waals surface area contributed by atoms with Crippen molar-refractivity contribution in [1.82, 2.24) is 10.2 Å². The summed E-state index contributed by atoms with van der Waals surface area (Å²) >= 11 is 0. The average Bonchev–Trinajstić information content (AvgIpc) is 2.93. The smallest absolute Gasteiger partial charge is 0.319 e. The van der Waals surface area contributed by atoms with Crippen LogP contribution in [0.4, 0.5) is 10.5 Å². The van der Waals surface area contributed by atoms with Crippen LogP contribution in [0.5, 0.6) is 0 Å². The molecule has 2 amide bonds. The minimum atomic E-state index is -0.209. The molecule has 1 aliphatic rings. The summed E-state index contributed by atoms with van der Waals surface area (Å²) in [6.07, 6.45) is 2.32. The molecule has 1 atom stereocenters. The van der Waals surface area contributed by atoms with Gasteiger partial charge in [0.2, 0.25) is 0 Å². The number of carbonyl (C=O) groups is 1. The van der Waals surface area contributed by atoms with Crippen LogP contribution in [0.3, 0.4) is 0 Å². The number of carbonyl (C=O) groups excluding carboxylic acids is 1. The van der Waals surface area contributed by atoms with Crippen molar-refractivity contribution in [3.05, 3.63) is 29.8 Å². The van der Waals surface area contributed by atoms with Crippen molar-refractivity contribution in [2.45, 2.75) is 19.8 Å². The fourth-order valence-corrected chi connectivity index (χ4v) is 2.68. The highest BCUT2D eigenvalue weighted by atomic mass is 16.2. The number of anilines is 1. The van der Waals surface area contributed by atoms with Crippen molar-refractivity contribution in [2.24, 2.45) is 5.92 Å². The van der Waals surface area contributed by atoms with Gasteiger partial charge in [-0.05, 0) is 50.0 Å². The van der Waals surface area contributed by atoms with Gasteiger partial charge in [-0.3, -0.25) is 0 Å². The van der Waals surface area contributed by atoms with Gasteiger partial charge in [0.05, 0.1) is 11.6 Å². The second kappa shape index (κ2) is 7.65. The van der Waals surface area contributed by atoms with Crippen molar-refractivity contribution in [3.8, 4) is 6.07 Å². The van der Waals surface area contributed by atoms with Crippen LogP contribution in [0.15, 0.2) is 24.3 Å². The highest BCUT2D eigenvalue weighted by Gasteiger charge is 2.21. The van der Waals surface area contributed by atoms with E-state index < -0.39 is 0 Å². The monoisotopic (exact) mass is 286 g/mol. The molecular weight excluding hydrogens is 264 g/mol. The lowest BCUT2D eigenvalue weighted by molar-refractivity contribution is 0.249. The van der Waals surface area contributed by atoms with Gasteiger partial charge in [0.15, 0.2) is 0 Å². The highest BCUT2D eigenvalue weighted by Crippen LogP contribution is 2.15. The molecule has 0 radical (unpaired) electrons. The van der Waals surface area contributed by atoms with Gasteiger partial charge in [-0.1, -0.05) is 13.0 Å². The second-order valence-corrected chi connectivity index (χ2v) is 5.48. The predicted molar refractivity (Wildman–Crippen MR) is 83.0 cm³/mol. The standard InChI is InChI=1S/C16H22N4O/c1-2-7-20-8-6-14(12-20)11-18-16(21)19-15-5-3-4-13(9-15)10-17/h3-5,9,14H,2,6-8,11-12H2,1H3,(H2,18,19,21). The molecular formula is C16H22N4O. The van der Waals surface area contributed by atoms with Crippen molar-refractivity contribution < 1.29 is 4.79 Å². The molecule has 0 aromatic heterocycles. The van der Waals surface area contributed by atoms with Crippen molar-refractivity contribution in [3.63, 3.8) is 0 Å². The lowest BCUT2D eigenvalue weighted by Crippen LogP contribution is -2.34. The highest BCUT2D eigenvalue weighted by molar-refractivity contribution is 5.89. The minimum absolute atomic E-state index is 0.209. The fourth-order valence-electron chi connectivity index (χ4n) is 2.68. The molecule has 1 aliphatic heterocycles. The number of nitriles is 1. The number of rotatable bonds is 5. The van der Waals surface area contributed by atoms with Crippen LogP contribution in [-0.4, -0.2) is 37.1 Å². The molecule has 2 rings (SSSR count). The van der Waals surface area contributed by atoms with E-state index in [-0.39, 0.29) is 6.03 Å². The molecule has 1 aromatic carbocycles. The molecule has 1 fully saturated rings. The summed E-state index contributed by atoms with van der Waals surface area (Å²) in [5, 5.41) is 14.5. The zero-order valence-electron chi connectivity index (χ0n) is 12.4. The maximum atomic E-state index is 11.9. The Morgan fingerprint density at radius 2 is 2.38 bits per heavy atom. The van der Waals surface area contributed by atoms with Gasteiger partial charge in [-0.15, -0.1) is 0 Å². The van der Waals surface area contributed by atoms with Crippen LogP contribution >= 0.6 is 0 Å². The van der Waals surface area contributed by atoms with E-state index in [0.717, 1.165) is 26.1 Å². The van der Waals surface area contributed by atoms with Gasteiger partial charge < -0.3 is 15.5 Å². The van der Waals surface area contributed by atoms with Crippen LogP contribution in [0.25, 0.3) is 0 Å². The van der Waals surface area contributed by atoms with E-state index >= 15 is 0 Å². The van der Waals surface area contributed by atoms with Gasteiger partial charge in [0.25, 0.3) is 0 Å². The predicted octanol–water partition coefficient (Wildman–Crippen LogP) is 2.41. The van der Waals surface area contributed by atoms with Gasteiger partial charge in [-0.2, -0.15) is 5.26 Å². The number of nitrogens with zero attached hydrogens (tertiary/aromatic N) is 2. The van der Waals surface area contributed by atoms with Gasteiger partial charge in [0.1, 0.15) is 0 Å². The van der Waals surface area contributed by atoms with Gasteiger partial charge >= 0.3 is 6.03 Å². The first-order chi connectivity index (χ1) is 10.2. The number of likely N-dealkylation sites (tertiary alicyclic amines) is 1. The number of nitrogens with one attached hydrogen (secondary N) is 2. The Balaban J connectivity index is 1.74. The molecule has 112 valence electrons. The third-order valence-electron chi connectivity index (χ3n) is 3.71. The number of amides is 2. The molecule has 5 nitrogen and oxygen atoms in total. The van der Waals surface area contributed by atoms with Crippen LogP contribution in [-0.2, 0) is 0 Å². The van der Waals surface area contributed by atoms with Gasteiger partial charge in [0, 0.05) is 18.8 Å². The quantitative estimate of drug-likeness (QED) is 0.873. The molecule has 0 aliphatic carbocycles. The Kier molecular flexibility index (Phi) is 5.59. The first-order valence-corrected chi connectivity index (χ1v) is 7.48. The summed E-state index contributed by atoms with van der Waals surface area (Å²) in [6, 6.07) is 8.76. The molecule has 1 aromatic rings. The lowest BCUT2D eigenvalue weighted by atomic mass is 10.1. The maximum absolute atomic E-state index is 11.9. The Morgan fingerprint density at radius 3 is 3.14 bits per heavy atom. The molecule has 0 spiro atoms. The topological polar surface area (TPSA) is 68.2 Å². The summed E-state index contributed by atoms with van der Waals surface area (Å²) in [6.45, 7) is 6.23. The summed E-state index contributed by atoms with van der Waals surface area (Å²) in [4.78, 5) is 14.3. The first kappa shape index (κ1) is 15.3. The first-order valence-electron chi connectivity index (χ1n) is 7.48. The third kappa shape index (κ3) is 4.76. The van der Waals surface area contributed by atoms with Crippen molar-refractivity contribution in [1.29, 1.82) is 5.26 Å². The van der Waals surface area contributed by atoms with E-state index in [1.165, 1.54) is 6.42 Å². The van der Waals surface area contributed by atoms with E-state index in [4.69, 9.17) is 5.26 Å². The van der Waals surface area contributed by atoms with E-state index in [1.807, 2.05) is 0 Å². The second-order valence-electron chi connectivity index (χ2n) is 5.48. The minimum Gasteiger partial charge on any atom is -0.338 e. The van der Waals surface area contributed by atoms with Crippen LogP contribution in [0, 0.1) is 17.2 Å². The van der Waals surface area contributed by atoms with E-state index in [0.29, 0.717) is 23.7 Å². The lowest BCUT2D eigenvalue weighted by Gasteiger charge is -2.15. The summed E-state index contributed by atoms with van der Waals surface area (Å²) in [5.74, 6) is 0.535. The van der Waals surface area contributed by atoms with E-state index in [1.54, 1.807) is 24.3 Å². The zero-order chi connectivity index (χ0) is 15.1. The Bertz CT molecular complexity index is 523. The Hall–Kier alpha value is -2.06. The number of urea groups is 1. The normalized spacial score (nSPS) is 18.2. The Morgan fingerprint density at radius 1 is 1.52 bits per heavy atom. The van der Waals surface area contributed by atoms with Crippen molar-refractivity contribution >= 4 is 11.7 Å². The summed E-state index contributed by atoms with van der Waals surface area (Å²) in [7, 11) is 0.